The molecule has 1 aliphatic carbocycles. The van der Waals surface area contributed by atoms with Gasteiger partial charge < -0.3 is 5.32 Å². The number of rotatable bonds is 4. The highest BCUT2D eigenvalue weighted by Gasteiger charge is 2.27. The number of fused-ring (bicyclic) bond motifs is 1. The van der Waals surface area contributed by atoms with Gasteiger partial charge in [-0.2, -0.15) is 0 Å². The van der Waals surface area contributed by atoms with Crippen LogP contribution in [0.5, 0.6) is 0 Å². The van der Waals surface area contributed by atoms with E-state index in [4.69, 9.17) is 0 Å². The Balaban J connectivity index is 2.19. The Morgan fingerprint density at radius 2 is 2.14 bits per heavy atom. The van der Waals surface area contributed by atoms with Crippen LogP contribution in [0.4, 0.5) is 0 Å². The molecule has 0 bridgehead atoms. The van der Waals surface area contributed by atoms with E-state index in [1.54, 1.807) is 6.08 Å². The van der Waals surface area contributed by atoms with Gasteiger partial charge in [-0.25, -0.2) is 4.99 Å². The second kappa shape index (κ2) is 6.66. The van der Waals surface area contributed by atoms with E-state index in [1.807, 2.05) is 25.2 Å². The molecule has 112 valence electrons. The molecule has 0 fully saturated rings. The summed E-state index contributed by atoms with van der Waals surface area (Å²) in [6, 6.07) is 0. The smallest absolute Gasteiger partial charge is 0.248 e. The van der Waals surface area contributed by atoms with Gasteiger partial charge in [-0.3, -0.25) is 9.59 Å². The average Bonchev–Trinajstić information content (AvgIpc) is 2.43. The molecule has 4 nitrogen and oxygen atoms in total. The number of nitrogens with one attached hydrogen (secondary N) is 1. The zero-order chi connectivity index (χ0) is 15.4. The Kier molecular flexibility index (Phi) is 4.89. The summed E-state index contributed by atoms with van der Waals surface area (Å²) in [6.45, 7) is 6.20. The van der Waals surface area contributed by atoms with Crippen LogP contribution in [0.3, 0.4) is 0 Å². The minimum Gasteiger partial charge on any atom is -0.325 e. The molecule has 0 spiro atoms. The van der Waals surface area contributed by atoms with Gasteiger partial charge >= 0.3 is 0 Å². The first-order valence-electron chi connectivity index (χ1n) is 7.55. The second-order valence-corrected chi connectivity index (χ2v) is 5.76. The van der Waals surface area contributed by atoms with E-state index < -0.39 is 0 Å². The number of aliphatic imine (C=N–C) groups is 1. The van der Waals surface area contributed by atoms with Crippen LogP contribution in [0.1, 0.15) is 40.0 Å². The minimum atomic E-state index is -0.104. The fraction of sp³-hybridized carbons (Fsp3) is 0.471. The van der Waals surface area contributed by atoms with Crippen molar-refractivity contribution in [2.24, 2.45) is 16.8 Å². The number of unbranched alkanes of at least 4 members (excludes halogenated alkanes) is 1. The van der Waals surface area contributed by atoms with Crippen LogP contribution in [0.25, 0.3) is 0 Å². The fourth-order valence-corrected chi connectivity index (χ4v) is 2.54. The zero-order valence-electron chi connectivity index (χ0n) is 12.8. The lowest BCUT2D eigenvalue weighted by molar-refractivity contribution is -0.118. The van der Waals surface area contributed by atoms with Gasteiger partial charge in [0.1, 0.15) is 0 Å². The first-order chi connectivity index (χ1) is 10.0. The number of allylic oxidation sites excluding steroid dienone is 3. The number of hydrogen-bond acceptors (Lipinski definition) is 2. The molecule has 2 aliphatic rings. The standard InChI is InChI=1S/C17H22N2O2/c1-4-5-6-16(20)18-12-7-8-13-14(11(2)3)10-17(21)19-15(13)9-12/h7-11,13H,4-6H2,1-3H3,(H,19,21). The topological polar surface area (TPSA) is 58.5 Å². The van der Waals surface area contributed by atoms with Crippen molar-refractivity contribution in [2.75, 3.05) is 0 Å². The van der Waals surface area contributed by atoms with Gasteiger partial charge in [0.05, 0.1) is 5.71 Å². The number of hydrogen-bond donors (Lipinski definition) is 1. The van der Waals surface area contributed by atoms with E-state index in [1.165, 1.54) is 0 Å². The summed E-state index contributed by atoms with van der Waals surface area (Å²) in [5.41, 5.74) is 2.53. The van der Waals surface area contributed by atoms with Gasteiger partial charge in [0.15, 0.2) is 0 Å². The average molecular weight is 286 g/mol. The number of carbonyl (C=O) groups is 2. The third-order valence-electron chi connectivity index (χ3n) is 3.69. The molecule has 0 aromatic carbocycles. The van der Waals surface area contributed by atoms with Crippen LogP contribution in [-0.4, -0.2) is 17.5 Å². The Labute approximate surface area is 125 Å². The van der Waals surface area contributed by atoms with E-state index >= 15 is 0 Å². The van der Waals surface area contributed by atoms with Crippen LogP contribution in [0.2, 0.25) is 0 Å². The van der Waals surface area contributed by atoms with Crippen molar-refractivity contribution in [3.05, 3.63) is 35.6 Å². The fourth-order valence-electron chi connectivity index (χ4n) is 2.54. The molecule has 1 aliphatic heterocycles. The quantitative estimate of drug-likeness (QED) is 0.863. The van der Waals surface area contributed by atoms with Gasteiger partial charge in [0.2, 0.25) is 11.8 Å². The highest BCUT2D eigenvalue weighted by Crippen LogP contribution is 2.31. The van der Waals surface area contributed by atoms with Crippen molar-refractivity contribution in [1.29, 1.82) is 0 Å². The van der Waals surface area contributed by atoms with Crippen LogP contribution < -0.4 is 5.32 Å². The Bertz CT molecular complexity index is 565. The van der Waals surface area contributed by atoms with E-state index in [2.05, 4.69) is 24.2 Å². The molecule has 1 atom stereocenters. The molecule has 2 rings (SSSR count). The number of carbonyl (C=O) groups excluding carboxylic acids is 2. The lowest BCUT2D eigenvalue weighted by Crippen LogP contribution is -2.34. The molecule has 0 saturated heterocycles. The highest BCUT2D eigenvalue weighted by molar-refractivity contribution is 6.11. The summed E-state index contributed by atoms with van der Waals surface area (Å²) in [5, 5.41) is 2.85. The van der Waals surface area contributed by atoms with Gasteiger partial charge in [0, 0.05) is 24.1 Å². The normalized spacial score (nSPS) is 22.8. The van der Waals surface area contributed by atoms with Crippen molar-refractivity contribution in [1.82, 2.24) is 5.32 Å². The second-order valence-electron chi connectivity index (χ2n) is 5.76. The van der Waals surface area contributed by atoms with Crippen LogP contribution >= 0.6 is 0 Å². The molecule has 0 radical (unpaired) electrons. The molecule has 1 unspecified atom stereocenters. The zero-order valence-corrected chi connectivity index (χ0v) is 12.8. The first kappa shape index (κ1) is 15.4. The predicted octanol–water partition coefficient (Wildman–Crippen LogP) is 2.93. The molecule has 1 N–H and O–H groups in total. The van der Waals surface area contributed by atoms with Crippen molar-refractivity contribution in [2.45, 2.75) is 40.0 Å². The van der Waals surface area contributed by atoms with Crippen molar-refractivity contribution >= 4 is 17.5 Å². The lowest BCUT2D eigenvalue weighted by Gasteiger charge is -2.29. The summed E-state index contributed by atoms with van der Waals surface area (Å²) < 4.78 is 0. The van der Waals surface area contributed by atoms with E-state index in [-0.39, 0.29) is 17.7 Å². The van der Waals surface area contributed by atoms with Crippen molar-refractivity contribution in [3.63, 3.8) is 0 Å². The highest BCUT2D eigenvalue weighted by atomic mass is 16.2. The molecule has 2 amide bonds. The third-order valence-corrected chi connectivity index (χ3v) is 3.69. The largest absolute Gasteiger partial charge is 0.325 e. The Morgan fingerprint density at radius 1 is 1.38 bits per heavy atom. The number of nitrogens with zero attached hydrogens (tertiary/aromatic N) is 1. The third kappa shape index (κ3) is 3.78. The minimum absolute atomic E-state index is 0.0902. The Morgan fingerprint density at radius 3 is 2.81 bits per heavy atom. The number of amides is 2. The maximum Gasteiger partial charge on any atom is 0.248 e. The molecule has 4 heteroatoms. The van der Waals surface area contributed by atoms with Crippen molar-refractivity contribution < 1.29 is 9.59 Å². The molecule has 0 aromatic heterocycles. The molecule has 21 heavy (non-hydrogen) atoms. The molecular weight excluding hydrogens is 264 g/mol. The lowest BCUT2D eigenvalue weighted by atomic mass is 9.82. The maximum atomic E-state index is 11.7. The van der Waals surface area contributed by atoms with E-state index in [0.717, 1.165) is 24.1 Å². The van der Waals surface area contributed by atoms with E-state index in [0.29, 0.717) is 18.1 Å². The SMILES string of the molecule is CCCCC(=O)N=C1C=CC2C(=C1)NC(=O)C=C2C(C)C. The van der Waals surface area contributed by atoms with Crippen LogP contribution in [0.15, 0.2) is 40.6 Å². The predicted molar refractivity (Wildman–Crippen MR) is 83.7 cm³/mol. The van der Waals surface area contributed by atoms with Gasteiger partial charge in [-0.1, -0.05) is 33.3 Å². The van der Waals surface area contributed by atoms with Crippen molar-refractivity contribution in [3.8, 4) is 0 Å². The first-order valence-corrected chi connectivity index (χ1v) is 7.55. The maximum absolute atomic E-state index is 11.7. The van der Waals surface area contributed by atoms with Gasteiger partial charge in [-0.05, 0) is 30.1 Å². The molecular formula is C17H22N2O2. The van der Waals surface area contributed by atoms with Crippen LogP contribution in [0, 0.1) is 11.8 Å². The monoisotopic (exact) mass is 286 g/mol. The summed E-state index contributed by atoms with van der Waals surface area (Å²) in [7, 11) is 0. The molecule has 1 heterocycles. The molecule has 0 saturated carbocycles. The Hall–Kier alpha value is -1.97. The summed E-state index contributed by atoms with van der Waals surface area (Å²) in [4.78, 5) is 27.6. The summed E-state index contributed by atoms with van der Waals surface area (Å²) in [5.74, 6) is 0.188. The molecule has 0 aromatic rings. The summed E-state index contributed by atoms with van der Waals surface area (Å²) in [6.07, 6.45) is 9.67. The summed E-state index contributed by atoms with van der Waals surface area (Å²) >= 11 is 0. The van der Waals surface area contributed by atoms with E-state index in [9.17, 15) is 9.59 Å². The van der Waals surface area contributed by atoms with Gasteiger partial charge in [-0.15, -0.1) is 0 Å². The van der Waals surface area contributed by atoms with Crippen LogP contribution in [-0.2, 0) is 9.59 Å². The van der Waals surface area contributed by atoms with Gasteiger partial charge in [0.25, 0.3) is 0 Å².